The van der Waals surface area contributed by atoms with Crippen LogP contribution in [0.15, 0.2) is 40.7 Å². The summed E-state index contributed by atoms with van der Waals surface area (Å²) < 4.78 is 29.9. The first kappa shape index (κ1) is 26.1. The predicted octanol–water partition coefficient (Wildman–Crippen LogP) is 3.64. The number of benzene rings is 1. The van der Waals surface area contributed by atoms with E-state index in [2.05, 4.69) is 20.4 Å². The SMILES string of the molecule is Cc1ccc(OC(F)F)c(CN=C(NCCc2cccs2)NCC(=O)N(C)C)c1.I. The lowest BCUT2D eigenvalue weighted by atomic mass is 10.1. The second-order valence-electron chi connectivity index (χ2n) is 6.55. The van der Waals surface area contributed by atoms with Gasteiger partial charge in [-0.1, -0.05) is 23.8 Å². The second-order valence-corrected chi connectivity index (χ2v) is 7.58. The maximum Gasteiger partial charge on any atom is 0.387 e. The van der Waals surface area contributed by atoms with E-state index in [0.29, 0.717) is 18.1 Å². The van der Waals surface area contributed by atoms with Crippen LogP contribution in [-0.2, 0) is 17.8 Å². The van der Waals surface area contributed by atoms with Gasteiger partial charge < -0.3 is 20.3 Å². The lowest BCUT2D eigenvalue weighted by Crippen LogP contribution is -2.43. The third kappa shape index (κ3) is 9.24. The molecule has 0 aliphatic carbocycles. The first-order valence-electron chi connectivity index (χ1n) is 9.14. The molecule has 6 nitrogen and oxygen atoms in total. The molecule has 2 N–H and O–H groups in total. The number of ether oxygens (including phenoxy) is 1. The van der Waals surface area contributed by atoms with Crippen molar-refractivity contribution in [3.05, 3.63) is 51.7 Å². The van der Waals surface area contributed by atoms with Crippen LogP contribution in [0.1, 0.15) is 16.0 Å². The molecule has 0 bridgehead atoms. The molecule has 0 saturated carbocycles. The van der Waals surface area contributed by atoms with Crippen LogP contribution in [0, 0.1) is 6.92 Å². The molecule has 166 valence electrons. The lowest BCUT2D eigenvalue weighted by Gasteiger charge is -2.15. The van der Waals surface area contributed by atoms with E-state index in [4.69, 9.17) is 0 Å². The van der Waals surface area contributed by atoms with Gasteiger partial charge in [-0.3, -0.25) is 4.79 Å². The molecule has 0 aliphatic rings. The summed E-state index contributed by atoms with van der Waals surface area (Å²) in [5.41, 5.74) is 1.46. The number of hydrogen-bond acceptors (Lipinski definition) is 4. The van der Waals surface area contributed by atoms with Crippen molar-refractivity contribution in [2.45, 2.75) is 26.5 Å². The maximum absolute atomic E-state index is 12.7. The fourth-order valence-corrected chi connectivity index (χ4v) is 3.17. The Bertz CT molecular complexity index is 817. The van der Waals surface area contributed by atoms with E-state index in [1.54, 1.807) is 37.6 Å². The number of guanidine groups is 1. The van der Waals surface area contributed by atoms with Crippen molar-refractivity contribution in [1.29, 1.82) is 0 Å². The predicted molar refractivity (Wildman–Crippen MR) is 127 cm³/mol. The van der Waals surface area contributed by atoms with Gasteiger partial charge in [-0.05, 0) is 30.9 Å². The van der Waals surface area contributed by atoms with Gasteiger partial charge in [-0.25, -0.2) is 4.99 Å². The van der Waals surface area contributed by atoms with Crippen LogP contribution in [0.5, 0.6) is 5.75 Å². The van der Waals surface area contributed by atoms with E-state index in [1.807, 2.05) is 24.4 Å². The van der Waals surface area contributed by atoms with Crippen LogP contribution >= 0.6 is 35.3 Å². The Morgan fingerprint density at radius 2 is 2.03 bits per heavy atom. The van der Waals surface area contributed by atoms with Gasteiger partial charge in [-0.2, -0.15) is 8.78 Å². The zero-order valence-electron chi connectivity index (χ0n) is 17.2. The minimum absolute atomic E-state index is 0. The zero-order valence-corrected chi connectivity index (χ0v) is 20.3. The summed E-state index contributed by atoms with van der Waals surface area (Å²) in [5.74, 6) is 0.424. The molecule has 30 heavy (non-hydrogen) atoms. The number of hydrogen-bond donors (Lipinski definition) is 2. The summed E-state index contributed by atoms with van der Waals surface area (Å²) in [7, 11) is 3.34. The number of carbonyl (C=O) groups is 1. The van der Waals surface area contributed by atoms with E-state index >= 15 is 0 Å². The monoisotopic (exact) mass is 552 g/mol. The Hall–Kier alpha value is -1.95. The topological polar surface area (TPSA) is 66.0 Å². The highest BCUT2D eigenvalue weighted by atomic mass is 127. The minimum atomic E-state index is -2.90. The molecule has 1 amide bonds. The molecule has 0 aliphatic heterocycles. The number of alkyl halides is 2. The van der Waals surface area contributed by atoms with E-state index < -0.39 is 6.61 Å². The number of thiophene rings is 1. The number of rotatable bonds is 9. The van der Waals surface area contributed by atoms with Crippen molar-refractivity contribution in [1.82, 2.24) is 15.5 Å². The van der Waals surface area contributed by atoms with Crippen LogP contribution in [0.4, 0.5) is 8.78 Å². The third-order valence-electron chi connectivity index (χ3n) is 3.99. The van der Waals surface area contributed by atoms with Crippen LogP contribution < -0.4 is 15.4 Å². The first-order chi connectivity index (χ1) is 13.8. The fourth-order valence-electron chi connectivity index (χ4n) is 2.46. The van der Waals surface area contributed by atoms with E-state index in [1.165, 1.54) is 15.8 Å². The number of nitrogens with one attached hydrogen (secondary N) is 2. The molecule has 1 heterocycles. The summed E-state index contributed by atoms with van der Waals surface area (Å²) in [4.78, 5) is 19.0. The van der Waals surface area contributed by atoms with Crippen LogP contribution in [0.25, 0.3) is 0 Å². The first-order valence-corrected chi connectivity index (χ1v) is 10.0. The molecule has 0 radical (unpaired) electrons. The van der Waals surface area contributed by atoms with E-state index in [9.17, 15) is 13.6 Å². The van der Waals surface area contributed by atoms with Gasteiger partial charge in [0.1, 0.15) is 5.75 Å². The number of halogens is 3. The minimum Gasteiger partial charge on any atom is -0.434 e. The molecule has 1 aromatic heterocycles. The van der Waals surface area contributed by atoms with Crippen molar-refractivity contribution >= 4 is 47.2 Å². The quantitative estimate of drug-likeness (QED) is 0.284. The molecule has 0 fully saturated rings. The van der Waals surface area contributed by atoms with Crippen LogP contribution in [0.3, 0.4) is 0 Å². The van der Waals surface area contributed by atoms with Gasteiger partial charge >= 0.3 is 6.61 Å². The highest BCUT2D eigenvalue weighted by Crippen LogP contribution is 2.22. The van der Waals surface area contributed by atoms with Crippen molar-refractivity contribution in [3.63, 3.8) is 0 Å². The Balaban J connectivity index is 0.00000450. The molecule has 2 aromatic rings. The molecule has 0 saturated heterocycles. The highest BCUT2D eigenvalue weighted by molar-refractivity contribution is 14.0. The van der Waals surface area contributed by atoms with Gasteiger partial charge in [0, 0.05) is 31.1 Å². The number of carbonyl (C=O) groups excluding carboxylic acids is 1. The number of nitrogens with zero attached hydrogens (tertiary/aromatic N) is 2. The second kappa shape index (κ2) is 13.4. The van der Waals surface area contributed by atoms with Crippen LogP contribution in [0.2, 0.25) is 0 Å². The van der Waals surface area contributed by atoms with Crippen LogP contribution in [-0.4, -0.2) is 50.6 Å². The molecule has 0 atom stereocenters. The number of aryl methyl sites for hydroxylation is 1. The fraction of sp³-hybridized carbons (Fsp3) is 0.400. The molecule has 10 heteroatoms. The number of aliphatic imine (C=N–C) groups is 1. The molecular formula is C20H27F2IN4O2S. The standard InChI is InChI=1S/C20H26F2N4O2S.HI/c1-14-6-7-17(28-19(21)22)15(11-14)12-24-20(25-13-18(27)26(2)3)23-9-8-16-5-4-10-29-16;/h4-7,10-11,19H,8-9,12-13H2,1-3H3,(H2,23,24,25);1H. The molecule has 2 rings (SSSR count). The van der Waals surface area contributed by atoms with Gasteiger partial charge in [-0.15, -0.1) is 35.3 Å². The third-order valence-corrected chi connectivity index (χ3v) is 4.93. The Labute approximate surface area is 196 Å². The number of likely N-dealkylation sites (N-methyl/N-ethyl adjacent to an activating group) is 1. The molecule has 0 spiro atoms. The summed E-state index contributed by atoms with van der Waals surface area (Å²) in [6.45, 7) is -0.204. The Morgan fingerprint density at radius 1 is 1.27 bits per heavy atom. The Kier molecular flexibility index (Phi) is 11.6. The molecule has 1 aromatic carbocycles. The zero-order chi connectivity index (χ0) is 21.2. The van der Waals surface area contributed by atoms with Crippen molar-refractivity contribution in [2.75, 3.05) is 27.2 Å². The van der Waals surface area contributed by atoms with Crippen molar-refractivity contribution in [2.24, 2.45) is 4.99 Å². The highest BCUT2D eigenvalue weighted by Gasteiger charge is 2.11. The lowest BCUT2D eigenvalue weighted by molar-refractivity contribution is -0.127. The summed E-state index contributed by atoms with van der Waals surface area (Å²) in [5, 5.41) is 8.19. The van der Waals surface area contributed by atoms with Gasteiger partial charge in [0.25, 0.3) is 0 Å². The largest absolute Gasteiger partial charge is 0.434 e. The summed E-state index contributed by atoms with van der Waals surface area (Å²) in [6.07, 6.45) is 0.810. The summed E-state index contributed by atoms with van der Waals surface area (Å²) >= 11 is 1.67. The average Bonchev–Trinajstić information content (AvgIpc) is 3.18. The van der Waals surface area contributed by atoms with Crippen molar-refractivity contribution < 1.29 is 18.3 Å². The summed E-state index contributed by atoms with van der Waals surface area (Å²) in [6, 6.07) is 9.02. The van der Waals surface area contributed by atoms with Crippen molar-refractivity contribution in [3.8, 4) is 5.75 Å². The molecule has 0 unspecified atom stereocenters. The van der Waals surface area contributed by atoms with E-state index in [-0.39, 0.29) is 48.7 Å². The molecular weight excluding hydrogens is 525 g/mol. The van der Waals surface area contributed by atoms with Gasteiger partial charge in [0.15, 0.2) is 5.96 Å². The smallest absolute Gasteiger partial charge is 0.387 e. The number of amides is 1. The van der Waals surface area contributed by atoms with Gasteiger partial charge in [0.2, 0.25) is 5.91 Å². The normalized spacial score (nSPS) is 11.1. The maximum atomic E-state index is 12.7. The van der Waals surface area contributed by atoms with Gasteiger partial charge in [0.05, 0.1) is 13.1 Å². The Morgan fingerprint density at radius 3 is 2.67 bits per heavy atom. The van der Waals surface area contributed by atoms with E-state index in [0.717, 1.165) is 12.0 Å². The average molecular weight is 552 g/mol.